The molecule has 1 aromatic heterocycles. The SMILES string of the molecule is NC[C@@H](F)C[C@H](N)CN1Cc2ccccc2-c2c([nH]c3ccc(F)cc23)C1=O. The summed E-state index contributed by atoms with van der Waals surface area (Å²) in [4.78, 5) is 18.0. The van der Waals surface area contributed by atoms with Crippen LogP contribution in [0.3, 0.4) is 0 Å². The summed E-state index contributed by atoms with van der Waals surface area (Å²) >= 11 is 0. The fraction of sp³-hybridized carbons (Fsp3) is 0.286. The molecule has 0 spiro atoms. The summed E-state index contributed by atoms with van der Waals surface area (Å²) in [6.45, 7) is 0.459. The van der Waals surface area contributed by atoms with Gasteiger partial charge in [-0.05, 0) is 35.7 Å². The maximum atomic E-state index is 13.9. The molecule has 0 bridgehead atoms. The number of amides is 1. The summed E-state index contributed by atoms with van der Waals surface area (Å²) in [5, 5.41) is 0.661. The van der Waals surface area contributed by atoms with Gasteiger partial charge in [0, 0.05) is 42.1 Å². The van der Waals surface area contributed by atoms with Crippen LogP contribution in [0.2, 0.25) is 0 Å². The number of benzene rings is 2. The molecular weight excluding hydrogens is 362 g/mol. The molecule has 0 radical (unpaired) electrons. The van der Waals surface area contributed by atoms with Crippen LogP contribution in [0.4, 0.5) is 8.78 Å². The molecule has 1 amide bonds. The van der Waals surface area contributed by atoms with E-state index in [1.165, 1.54) is 12.1 Å². The zero-order chi connectivity index (χ0) is 19.8. The average Bonchev–Trinajstić information content (AvgIpc) is 3.00. The Morgan fingerprint density at radius 2 is 2.00 bits per heavy atom. The lowest BCUT2D eigenvalue weighted by molar-refractivity contribution is 0.0724. The number of carbonyl (C=O) groups is 1. The van der Waals surface area contributed by atoms with Crippen molar-refractivity contribution in [2.75, 3.05) is 13.1 Å². The van der Waals surface area contributed by atoms with E-state index in [-0.39, 0.29) is 31.2 Å². The fourth-order valence-corrected chi connectivity index (χ4v) is 3.87. The Hall–Kier alpha value is -2.77. The Balaban J connectivity index is 1.80. The van der Waals surface area contributed by atoms with E-state index in [2.05, 4.69) is 4.98 Å². The standard InChI is InChI=1S/C21H22F2N4O/c22-13-5-6-18-17(8-13)19-16-4-2-1-3-12(16)10-27(21(28)20(19)26-18)11-15(25)7-14(23)9-24/h1-6,8,14-15,26H,7,9-11,24-25H2/t14-,15-/m0/s1. The highest BCUT2D eigenvalue weighted by Gasteiger charge is 2.30. The first-order valence-corrected chi connectivity index (χ1v) is 9.26. The number of halogens is 2. The predicted octanol–water partition coefficient (Wildman–Crippen LogP) is 2.94. The topological polar surface area (TPSA) is 88.1 Å². The molecule has 0 fully saturated rings. The molecule has 5 nitrogen and oxygen atoms in total. The Bertz CT molecular complexity index is 1030. The minimum absolute atomic E-state index is 0.0900. The Morgan fingerprint density at radius 3 is 2.79 bits per heavy atom. The summed E-state index contributed by atoms with van der Waals surface area (Å²) in [5.41, 5.74) is 15.0. The Morgan fingerprint density at radius 1 is 1.21 bits per heavy atom. The van der Waals surface area contributed by atoms with Crippen LogP contribution in [0.5, 0.6) is 0 Å². The van der Waals surface area contributed by atoms with Gasteiger partial charge >= 0.3 is 0 Å². The molecule has 0 saturated carbocycles. The number of hydrogen-bond acceptors (Lipinski definition) is 3. The zero-order valence-electron chi connectivity index (χ0n) is 15.3. The van der Waals surface area contributed by atoms with Gasteiger partial charge in [0.15, 0.2) is 0 Å². The van der Waals surface area contributed by atoms with Crippen molar-refractivity contribution >= 4 is 16.8 Å². The number of nitrogens with one attached hydrogen (secondary N) is 1. The molecule has 1 aliphatic rings. The third-order valence-electron chi connectivity index (χ3n) is 5.18. The number of nitrogens with zero attached hydrogens (tertiary/aromatic N) is 1. The maximum absolute atomic E-state index is 13.9. The quantitative estimate of drug-likeness (QED) is 0.632. The average molecular weight is 384 g/mol. The first kappa shape index (κ1) is 18.6. The molecule has 3 aromatic rings. The number of alkyl halides is 1. The lowest BCUT2D eigenvalue weighted by atomic mass is 9.98. The first-order valence-electron chi connectivity index (χ1n) is 9.26. The molecule has 4 rings (SSSR count). The summed E-state index contributed by atoms with van der Waals surface area (Å²) in [5.74, 6) is -0.598. The van der Waals surface area contributed by atoms with Crippen molar-refractivity contribution in [1.82, 2.24) is 9.88 Å². The van der Waals surface area contributed by atoms with E-state index in [1.807, 2.05) is 24.3 Å². The molecule has 0 aliphatic carbocycles. The van der Waals surface area contributed by atoms with E-state index in [4.69, 9.17) is 11.5 Å². The highest BCUT2D eigenvalue weighted by Crippen LogP contribution is 2.38. The number of aromatic nitrogens is 1. The third kappa shape index (κ3) is 3.27. The molecule has 5 N–H and O–H groups in total. The molecule has 7 heteroatoms. The van der Waals surface area contributed by atoms with E-state index < -0.39 is 12.2 Å². The summed E-state index contributed by atoms with van der Waals surface area (Å²) in [6, 6.07) is 11.5. The number of aromatic amines is 1. The Kier molecular flexibility index (Phi) is 4.87. The second kappa shape index (κ2) is 7.33. The number of fused-ring (bicyclic) bond motifs is 5. The van der Waals surface area contributed by atoms with Crippen LogP contribution in [0, 0.1) is 5.82 Å². The van der Waals surface area contributed by atoms with Gasteiger partial charge in [-0.15, -0.1) is 0 Å². The molecule has 28 heavy (non-hydrogen) atoms. The molecule has 0 saturated heterocycles. The second-order valence-electron chi connectivity index (χ2n) is 7.24. The minimum atomic E-state index is -1.20. The summed E-state index contributed by atoms with van der Waals surface area (Å²) in [6.07, 6.45) is -1.11. The van der Waals surface area contributed by atoms with Gasteiger partial charge in [0.2, 0.25) is 0 Å². The van der Waals surface area contributed by atoms with Gasteiger partial charge in [-0.1, -0.05) is 24.3 Å². The highest BCUT2D eigenvalue weighted by atomic mass is 19.1. The number of rotatable bonds is 5. The number of H-pyrrole nitrogens is 1. The van der Waals surface area contributed by atoms with Crippen LogP contribution < -0.4 is 11.5 Å². The van der Waals surface area contributed by atoms with Crippen molar-refractivity contribution in [3.63, 3.8) is 0 Å². The lowest BCUT2D eigenvalue weighted by Crippen LogP contribution is -2.42. The van der Waals surface area contributed by atoms with E-state index >= 15 is 0 Å². The van der Waals surface area contributed by atoms with Gasteiger partial charge in [0.25, 0.3) is 5.91 Å². The van der Waals surface area contributed by atoms with Crippen LogP contribution >= 0.6 is 0 Å². The number of nitrogens with two attached hydrogens (primary N) is 2. The van der Waals surface area contributed by atoms with Crippen LogP contribution in [-0.4, -0.2) is 41.1 Å². The van der Waals surface area contributed by atoms with Crippen molar-refractivity contribution in [2.24, 2.45) is 11.5 Å². The van der Waals surface area contributed by atoms with Crippen molar-refractivity contribution in [3.8, 4) is 11.1 Å². The van der Waals surface area contributed by atoms with Crippen LogP contribution in [0.1, 0.15) is 22.5 Å². The minimum Gasteiger partial charge on any atom is -0.350 e. The largest absolute Gasteiger partial charge is 0.350 e. The lowest BCUT2D eigenvalue weighted by Gasteiger charge is -2.25. The predicted molar refractivity (Wildman–Crippen MR) is 105 cm³/mol. The van der Waals surface area contributed by atoms with Gasteiger partial charge in [0.05, 0.1) is 0 Å². The fourth-order valence-electron chi connectivity index (χ4n) is 3.87. The van der Waals surface area contributed by atoms with Crippen molar-refractivity contribution in [3.05, 3.63) is 59.5 Å². The maximum Gasteiger partial charge on any atom is 0.271 e. The van der Waals surface area contributed by atoms with Gasteiger partial charge in [-0.25, -0.2) is 8.78 Å². The smallest absolute Gasteiger partial charge is 0.271 e. The first-order chi connectivity index (χ1) is 13.5. The van der Waals surface area contributed by atoms with E-state index in [1.54, 1.807) is 11.0 Å². The highest BCUT2D eigenvalue weighted by molar-refractivity contribution is 6.11. The molecule has 0 unspecified atom stereocenters. The monoisotopic (exact) mass is 384 g/mol. The normalized spacial score (nSPS) is 15.9. The van der Waals surface area contributed by atoms with Crippen LogP contribution in [0.15, 0.2) is 42.5 Å². The number of carbonyl (C=O) groups excluding carboxylic acids is 1. The number of hydrogen-bond donors (Lipinski definition) is 3. The summed E-state index contributed by atoms with van der Waals surface area (Å²) < 4.78 is 27.5. The molecular formula is C21H22F2N4O. The van der Waals surface area contributed by atoms with Crippen LogP contribution in [0.25, 0.3) is 22.0 Å². The third-order valence-corrected chi connectivity index (χ3v) is 5.18. The van der Waals surface area contributed by atoms with Crippen molar-refractivity contribution in [2.45, 2.75) is 25.2 Å². The molecule has 1 aliphatic heterocycles. The van der Waals surface area contributed by atoms with Gasteiger partial charge < -0.3 is 21.4 Å². The van der Waals surface area contributed by atoms with Gasteiger partial charge in [-0.2, -0.15) is 0 Å². The second-order valence-corrected chi connectivity index (χ2v) is 7.24. The Labute approximate surface area is 161 Å². The summed E-state index contributed by atoms with van der Waals surface area (Å²) in [7, 11) is 0. The molecule has 2 heterocycles. The van der Waals surface area contributed by atoms with E-state index in [9.17, 15) is 13.6 Å². The van der Waals surface area contributed by atoms with E-state index in [0.29, 0.717) is 28.7 Å². The van der Waals surface area contributed by atoms with Crippen molar-refractivity contribution < 1.29 is 13.6 Å². The van der Waals surface area contributed by atoms with Gasteiger partial charge in [-0.3, -0.25) is 4.79 Å². The van der Waals surface area contributed by atoms with Crippen LogP contribution in [-0.2, 0) is 6.54 Å². The molecule has 2 atom stereocenters. The van der Waals surface area contributed by atoms with Gasteiger partial charge in [0.1, 0.15) is 17.7 Å². The van der Waals surface area contributed by atoms with Crippen molar-refractivity contribution in [1.29, 1.82) is 0 Å². The molecule has 146 valence electrons. The zero-order valence-corrected chi connectivity index (χ0v) is 15.3. The molecule has 2 aromatic carbocycles. The van der Waals surface area contributed by atoms with E-state index in [0.717, 1.165) is 11.1 Å².